The molecule has 2 N–H and O–H groups in total. The molecule has 5 nitrogen and oxygen atoms in total. The molecule has 0 unspecified atom stereocenters. The van der Waals surface area contributed by atoms with Gasteiger partial charge < -0.3 is 20.1 Å². The lowest BCUT2D eigenvalue weighted by molar-refractivity contribution is -0.146. The molecule has 20 heavy (non-hydrogen) atoms. The highest BCUT2D eigenvalue weighted by atomic mass is 16.7. The normalized spacial score (nSPS) is 18.2. The molecule has 1 saturated heterocycles. The number of hydrogen-bond donors (Lipinski definition) is 2. The quantitative estimate of drug-likeness (QED) is 0.633. The van der Waals surface area contributed by atoms with E-state index in [2.05, 4.69) is 17.6 Å². The summed E-state index contributed by atoms with van der Waals surface area (Å²) in [4.78, 5) is 12.6. The molecule has 0 aliphatic carbocycles. The predicted molar refractivity (Wildman–Crippen MR) is 79.5 cm³/mol. The van der Waals surface area contributed by atoms with Gasteiger partial charge in [-0.1, -0.05) is 13.3 Å². The van der Waals surface area contributed by atoms with Crippen molar-refractivity contribution in [3.63, 3.8) is 0 Å². The number of carbonyl (C=O) groups is 1. The second-order valence-corrected chi connectivity index (χ2v) is 5.33. The van der Waals surface area contributed by atoms with E-state index in [1.807, 2.05) is 13.8 Å². The second kappa shape index (κ2) is 9.32. The molecule has 1 fully saturated rings. The molecule has 0 aromatic carbocycles. The van der Waals surface area contributed by atoms with E-state index in [9.17, 15) is 4.79 Å². The molecular formula is C15H30N2O3. The Balaban J connectivity index is 2.52. The fourth-order valence-electron chi connectivity index (χ4n) is 2.88. The molecule has 0 saturated carbocycles. The maximum Gasteiger partial charge on any atom is 0.226 e. The van der Waals surface area contributed by atoms with Gasteiger partial charge in [0.15, 0.2) is 6.29 Å². The summed E-state index contributed by atoms with van der Waals surface area (Å²) >= 11 is 0. The first-order chi connectivity index (χ1) is 9.68. The zero-order valence-electron chi connectivity index (χ0n) is 13.2. The predicted octanol–water partition coefficient (Wildman–Crippen LogP) is 1.67. The van der Waals surface area contributed by atoms with Gasteiger partial charge in [-0.2, -0.15) is 0 Å². The van der Waals surface area contributed by atoms with Gasteiger partial charge in [0.05, 0.1) is 12.0 Å². The van der Waals surface area contributed by atoms with Gasteiger partial charge in [-0.05, 0) is 46.2 Å². The average Bonchev–Trinajstić information content (AvgIpc) is 2.46. The Morgan fingerprint density at radius 2 is 1.80 bits per heavy atom. The van der Waals surface area contributed by atoms with E-state index < -0.39 is 0 Å². The van der Waals surface area contributed by atoms with E-state index in [-0.39, 0.29) is 17.6 Å². The lowest BCUT2D eigenvalue weighted by atomic mass is 9.74. The number of ether oxygens (including phenoxy) is 2. The number of rotatable bonds is 9. The Labute approximate surface area is 122 Å². The molecule has 0 aromatic heterocycles. The molecule has 0 spiro atoms. The number of carbonyl (C=O) groups excluding carboxylic acids is 1. The highest BCUT2D eigenvalue weighted by molar-refractivity contribution is 5.82. The summed E-state index contributed by atoms with van der Waals surface area (Å²) in [6.07, 6.45) is 3.48. The van der Waals surface area contributed by atoms with Gasteiger partial charge in [0.25, 0.3) is 0 Å². The van der Waals surface area contributed by atoms with Crippen molar-refractivity contribution in [3.05, 3.63) is 0 Å². The van der Waals surface area contributed by atoms with E-state index in [0.717, 1.165) is 38.8 Å². The molecular weight excluding hydrogens is 256 g/mol. The zero-order chi connectivity index (χ0) is 14.8. The van der Waals surface area contributed by atoms with E-state index >= 15 is 0 Å². The first-order valence-corrected chi connectivity index (χ1v) is 7.90. The molecule has 0 bridgehead atoms. The van der Waals surface area contributed by atoms with Gasteiger partial charge in [0.2, 0.25) is 5.91 Å². The summed E-state index contributed by atoms with van der Waals surface area (Å²) in [5.41, 5.74) is -0.205. The minimum absolute atomic E-state index is 0.158. The minimum Gasteiger partial charge on any atom is -0.351 e. The average molecular weight is 286 g/mol. The first kappa shape index (κ1) is 17.4. The molecule has 1 aliphatic rings. The maximum absolute atomic E-state index is 12.6. The lowest BCUT2D eigenvalue weighted by Crippen LogP contribution is -2.49. The first-order valence-electron chi connectivity index (χ1n) is 7.90. The van der Waals surface area contributed by atoms with Crippen LogP contribution in [0.3, 0.4) is 0 Å². The van der Waals surface area contributed by atoms with Crippen molar-refractivity contribution in [2.24, 2.45) is 5.41 Å². The van der Waals surface area contributed by atoms with Crippen molar-refractivity contribution >= 4 is 5.91 Å². The number of amides is 1. The Kier molecular flexibility index (Phi) is 8.11. The molecule has 0 aromatic rings. The standard InChI is InChI=1S/C15H30N2O3/c1-4-7-15(8-10-16-11-9-15)14(18)17-12-13(19-5-2)20-6-3/h13,16H,4-12H2,1-3H3,(H,17,18). The van der Waals surface area contributed by atoms with E-state index in [4.69, 9.17) is 9.47 Å². The summed E-state index contributed by atoms with van der Waals surface area (Å²) in [5.74, 6) is 0.158. The summed E-state index contributed by atoms with van der Waals surface area (Å²) in [5, 5.41) is 6.36. The molecule has 1 heterocycles. The Hall–Kier alpha value is -0.650. The lowest BCUT2D eigenvalue weighted by Gasteiger charge is -2.36. The Morgan fingerprint density at radius 3 is 2.30 bits per heavy atom. The summed E-state index contributed by atoms with van der Waals surface area (Å²) in [6, 6.07) is 0. The van der Waals surface area contributed by atoms with Crippen molar-refractivity contribution in [1.82, 2.24) is 10.6 Å². The maximum atomic E-state index is 12.6. The topological polar surface area (TPSA) is 59.6 Å². The third-order valence-corrected chi connectivity index (χ3v) is 3.91. The van der Waals surface area contributed by atoms with Gasteiger partial charge >= 0.3 is 0 Å². The SMILES string of the molecule is CCCC1(C(=O)NCC(OCC)OCC)CCNCC1. The third-order valence-electron chi connectivity index (χ3n) is 3.91. The van der Waals surface area contributed by atoms with Crippen LogP contribution in [0, 0.1) is 5.41 Å². The molecule has 0 radical (unpaired) electrons. The van der Waals surface area contributed by atoms with Crippen LogP contribution in [0.5, 0.6) is 0 Å². The highest BCUT2D eigenvalue weighted by Gasteiger charge is 2.38. The monoisotopic (exact) mass is 286 g/mol. The van der Waals surface area contributed by atoms with Gasteiger partial charge in [-0.3, -0.25) is 4.79 Å². The molecule has 0 atom stereocenters. The van der Waals surface area contributed by atoms with Crippen LogP contribution in [0.1, 0.15) is 46.5 Å². The molecule has 5 heteroatoms. The van der Waals surface area contributed by atoms with Crippen molar-refractivity contribution in [3.8, 4) is 0 Å². The molecule has 1 aliphatic heterocycles. The third kappa shape index (κ3) is 5.04. The summed E-state index contributed by atoms with van der Waals surface area (Å²) in [6.45, 7) is 9.45. The van der Waals surface area contributed by atoms with Crippen LogP contribution in [-0.4, -0.2) is 45.0 Å². The molecule has 1 amide bonds. The summed E-state index contributed by atoms with van der Waals surface area (Å²) < 4.78 is 10.9. The van der Waals surface area contributed by atoms with Crippen LogP contribution < -0.4 is 10.6 Å². The van der Waals surface area contributed by atoms with Crippen LogP contribution >= 0.6 is 0 Å². The van der Waals surface area contributed by atoms with Crippen LogP contribution in [0.25, 0.3) is 0 Å². The number of piperidine rings is 1. The van der Waals surface area contributed by atoms with Crippen molar-refractivity contribution in [2.75, 3.05) is 32.8 Å². The smallest absolute Gasteiger partial charge is 0.226 e. The Bertz CT molecular complexity index is 267. The van der Waals surface area contributed by atoms with Gasteiger partial charge in [-0.25, -0.2) is 0 Å². The second-order valence-electron chi connectivity index (χ2n) is 5.33. The van der Waals surface area contributed by atoms with Crippen LogP contribution in [-0.2, 0) is 14.3 Å². The van der Waals surface area contributed by atoms with Gasteiger partial charge in [0.1, 0.15) is 0 Å². The fourth-order valence-corrected chi connectivity index (χ4v) is 2.88. The fraction of sp³-hybridized carbons (Fsp3) is 0.933. The minimum atomic E-state index is -0.339. The van der Waals surface area contributed by atoms with Crippen molar-refractivity contribution in [2.45, 2.75) is 52.7 Å². The summed E-state index contributed by atoms with van der Waals surface area (Å²) in [7, 11) is 0. The van der Waals surface area contributed by atoms with Crippen LogP contribution in [0.15, 0.2) is 0 Å². The number of nitrogens with one attached hydrogen (secondary N) is 2. The van der Waals surface area contributed by atoms with Crippen molar-refractivity contribution < 1.29 is 14.3 Å². The highest BCUT2D eigenvalue weighted by Crippen LogP contribution is 2.34. The Morgan fingerprint density at radius 1 is 1.20 bits per heavy atom. The zero-order valence-corrected chi connectivity index (χ0v) is 13.2. The van der Waals surface area contributed by atoms with E-state index in [1.54, 1.807) is 0 Å². The van der Waals surface area contributed by atoms with Crippen LogP contribution in [0.2, 0.25) is 0 Å². The molecule has 118 valence electrons. The number of hydrogen-bond acceptors (Lipinski definition) is 4. The van der Waals surface area contributed by atoms with Gasteiger partial charge in [-0.15, -0.1) is 0 Å². The molecule has 1 rings (SSSR count). The van der Waals surface area contributed by atoms with E-state index in [1.165, 1.54) is 0 Å². The van der Waals surface area contributed by atoms with Crippen molar-refractivity contribution in [1.29, 1.82) is 0 Å². The van der Waals surface area contributed by atoms with Gasteiger partial charge in [0, 0.05) is 13.2 Å². The van der Waals surface area contributed by atoms with Crippen LogP contribution in [0.4, 0.5) is 0 Å². The van der Waals surface area contributed by atoms with E-state index in [0.29, 0.717) is 19.8 Å². The largest absolute Gasteiger partial charge is 0.351 e.